The van der Waals surface area contributed by atoms with Crippen LogP contribution in [0.5, 0.6) is 0 Å². The Balaban J connectivity index is 3.45. The van der Waals surface area contributed by atoms with Crippen LogP contribution >= 0.6 is 34.8 Å². The molecule has 0 bridgehead atoms. The molecule has 0 aromatic carbocycles. The van der Waals surface area contributed by atoms with Gasteiger partial charge in [-0.15, -0.1) is 0 Å². The number of carboxylic acids is 1. The van der Waals surface area contributed by atoms with Crippen molar-refractivity contribution < 1.29 is 14.7 Å². The molecule has 0 saturated heterocycles. The van der Waals surface area contributed by atoms with Gasteiger partial charge >= 0.3 is 5.97 Å². The number of nitrogens with zero attached hydrogens (tertiary/aromatic N) is 1. The fourth-order valence-electron chi connectivity index (χ4n) is 0.942. The molecule has 0 aliphatic heterocycles. The average molecular weight is 283 g/mol. The van der Waals surface area contributed by atoms with Crippen molar-refractivity contribution in [2.75, 3.05) is 5.32 Å². The molecule has 16 heavy (non-hydrogen) atoms. The molecule has 0 fully saturated rings. The zero-order chi connectivity index (χ0) is 12.5. The second-order valence-electron chi connectivity index (χ2n) is 2.74. The number of hydrogen-bond donors (Lipinski definition) is 2. The molecule has 0 aliphatic carbocycles. The molecule has 86 valence electrons. The number of rotatable bonds is 2. The first-order chi connectivity index (χ1) is 7.34. The van der Waals surface area contributed by atoms with E-state index in [-0.39, 0.29) is 20.9 Å². The van der Waals surface area contributed by atoms with Crippen molar-refractivity contribution in [1.29, 1.82) is 0 Å². The maximum Gasteiger partial charge on any atom is 0.356 e. The Morgan fingerprint density at radius 1 is 1.25 bits per heavy atom. The summed E-state index contributed by atoms with van der Waals surface area (Å²) in [6, 6.07) is 0. The summed E-state index contributed by atoms with van der Waals surface area (Å²) < 4.78 is 0. The minimum Gasteiger partial charge on any atom is -0.476 e. The lowest BCUT2D eigenvalue weighted by Crippen LogP contribution is -2.11. The predicted molar refractivity (Wildman–Crippen MR) is 60.5 cm³/mol. The zero-order valence-electron chi connectivity index (χ0n) is 7.84. The van der Waals surface area contributed by atoms with Gasteiger partial charge in [-0.25, -0.2) is 9.78 Å². The van der Waals surface area contributed by atoms with Gasteiger partial charge in [-0.2, -0.15) is 0 Å². The quantitative estimate of drug-likeness (QED) is 0.818. The number of anilines is 1. The molecule has 0 saturated carbocycles. The van der Waals surface area contributed by atoms with Crippen molar-refractivity contribution in [3.63, 3.8) is 0 Å². The molecule has 2 N–H and O–H groups in total. The Hall–Kier alpha value is -1.04. The number of nitrogens with one attached hydrogen (secondary N) is 1. The van der Waals surface area contributed by atoms with Crippen LogP contribution < -0.4 is 5.32 Å². The number of hydrogen-bond acceptors (Lipinski definition) is 3. The summed E-state index contributed by atoms with van der Waals surface area (Å²) in [5.74, 6) is -1.82. The predicted octanol–water partition coefficient (Wildman–Crippen LogP) is 2.70. The van der Waals surface area contributed by atoms with Crippen molar-refractivity contribution in [2.24, 2.45) is 0 Å². The molecule has 8 heteroatoms. The molecule has 0 spiro atoms. The summed E-state index contributed by atoms with van der Waals surface area (Å²) in [5.41, 5.74) is -0.534. The highest BCUT2D eigenvalue weighted by Gasteiger charge is 2.21. The monoisotopic (exact) mass is 282 g/mol. The molecule has 5 nitrogen and oxygen atoms in total. The van der Waals surface area contributed by atoms with Crippen molar-refractivity contribution >= 4 is 52.4 Å². The highest BCUT2D eigenvalue weighted by Crippen LogP contribution is 2.36. The highest BCUT2D eigenvalue weighted by molar-refractivity contribution is 6.46. The fourth-order valence-corrected chi connectivity index (χ4v) is 1.62. The number of carbonyl (C=O) groups is 2. The van der Waals surface area contributed by atoms with Gasteiger partial charge in [0.15, 0.2) is 10.8 Å². The topological polar surface area (TPSA) is 79.3 Å². The summed E-state index contributed by atoms with van der Waals surface area (Å²) in [6.07, 6.45) is 0. The molecule has 0 aliphatic rings. The van der Waals surface area contributed by atoms with Gasteiger partial charge in [0, 0.05) is 6.92 Å². The van der Waals surface area contributed by atoms with Gasteiger partial charge < -0.3 is 10.4 Å². The third-order valence-corrected chi connectivity index (χ3v) is 2.65. The van der Waals surface area contributed by atoms with Crippen LogP contribution in [0.25, 0.3) is 0 Å². The first-order valence-corrected chi connectivity index (χ1v) is 5.03. The molecule has 1 amide bonds. The molecule has 0 unspecified atom stereocenters. The number of aromatic nitrogens is 1. The van der Waals surface area contributed by atoms with E-state index in [0.29, 0.717) is 0 Å². The van der Waals surface area contributed by atoms with E-state index in [2.05, 4.69) is 10.3 Å². The number of pyridine rings is 1. The van der Waals surface area contributed by atoms with E-state index in [0.717, 1.165) is 0 Å². The van der Waals surface area contributed by atoms with Crippen LogP contribution in [0, 0.1) is 0 Å². The Labute approximate surface area is 105 Å². The van der Waals surface area contributed by atoms with E-state index in [1.54, 1.807) is 0 Å². The standard InChI is InChI=1S/C8H5Cl3N2O3/c1-2(14)12-5-3(9)6(8(15)16)13-7(11)4(5)10/h1H3,(H,15,16)(H,12,13,14). The van der Waals surface area contributed by atoms with E-state index < -0.39 is 17.6 Å². The largest absolute Gasteiger partial charge is 0.476 e. The fraction of sp³-hybridized carbons (Fsp3) is 0.125. The lowest BCUT2D eigenvalue weighted by molar-refractivity contribution is -0.114. The van der Waals surface area contributed by atoms with Gasteiger partial charge in [0.2, 0.25) is 5.91 Å². The van der Waals surface area contributed by atoms with Crippen LogP contribution in [-0.4, -0.2) is 22.0 Å². The van der Waals surface area contributed by atoms with Gasteiger partial charge in [0.1, 0.15) is 5.02 Å². The number of carboxylic acid groups (broad SMARTS) is 1. The van der Waals surface area contributed by atoms with Crippen molar-refractivity contribution in [2.45, 2.75) is 6.92 Å². The van der Waals surface area contributed by atoms with Gasteiger partial charge in [-0.05, 0) is 0 Å². The lowest BCUT2D eigenvalue weighted by Gasteiger charge is -2.10. The minimum atomic E-state index is -1.37. The molecule has 1 rings (SSSR count). The SMILES string of the molecule is CC(=O)Nc1c(Cl)c(Cl)nc(C(=O)O)c1Cl. The third kappa shape index (κ3) is 2.55. The molecule has 1 aromatic rings. The van der Waals surface area contributed by atoms with E-state index in [1.807, 2.05) is 0 Å². The van der Waals surface area contributed by atoms with Gasteiger partial charge in [0.05, 0.1) is 10.7 Å². The highest BCUT2D eigenvalue weighted by atomic mass is 35.5. The number of halogens is 3. The second-order valence-corrected chi connectivity index (χ2v) is 3.85. The van der Waals surface area contributed by atoms with Gasteiger partial charge in [0.25, 0.3) is 0 Å². The molecule has 1 heterocycles. The maximum atomic E-state index is 10.9. The summed E-state index contributed by atoms with van der Waals surface area (Å²) >= 11 is 17.1. The smallest absolute Gasteiger partial charge is 0.356 e. The summed E-state index contributed by atoms with van der Waals surface area (Å²) in [7, 11) is 0. The van der Waals surface area contributed by atoms with Crippen LogP contribution in [0.1, 0.15) is 17.4 Å². The normalized spacial score (nSPS) is 10.0. The summed E-state index contributed by atoms with van der Waals surface area (Å²) in [5, 5.41) is 10.5. The summed E-state index contributed by atoms with van der Waals surface area (Å²) in [6.45, 7) is 1.22. The number of carbonyl (C=O) groups excluding carboxylic acids is 1. The van der Waals surface area contributed by atoms with Crippen molar-refractivity contribution in [3.05, 3.63) is 20.9 Å². The van der Waals surface area contributed by atoms with E-state index in [9.17, 15) is 9.59 Å². The third-order valence-electron chi connectivity index (χ3n) is 1.54. The first kappa shape index (κ1) is 13.0. The summed E-state index contributed by atoms with van der Waals surface area (Å²) in [4.78, 5) is 25.1. The van der Waals surface area contributed by atoms with Crippen LogP contribution in [-0.2, 0) is 4.79 Å². The zero-order valence-corrected chi connectivity index (χ0v) is 10.1. The first-order valence-electron chi connectivity index (χ1n) is 3.90. The van der Waals surface area contributed by atoms with E-state index in [4.69, 9.17) is 39.9 Å². The number of aromatic carboxylic acids is 1. The molecule has 0 radical (unpaired) electrons. The van der Waals surface area contributed by atoms with E-state index >= 15 is 0 Å². The Bertz CT molecular complexity index is 476. The van der Waals surface area contributed by atoms with Crippen LogP contribution in [0.4, 0.5) is 5.69 Å². The maximum absolute atomic E-state index is 10.9. The average Bonchev–Trinajstić information content (AvgIpc) is 2.17. The van der Waals surface area contributed by atoms with Crippen LogP contribution in [0.2, 0.25) is 15.2 Å². The van der Waals surface area contributed by atoms with Crippen molar-refractivity contribution in [3.8, 4) is 0 Å². The van der Waals surface area contributed by atoms with Gasteiger partial charge in [-0.3, -0.25) is 4.79 Å². The van der Waals surface area contributed by atoms with E-state index in [1.165, 1.54) is 6.92 Å². The number of amides is 1. The van der Waals surface area contributed by atoms with Crippen LogP contribution in [0.15, 0.2) is 0 Å². The lowest BCUT2D eigenvalue weighted by atomic mass is 10.3. The molecule has 0 atom stereocenters. The molecule has 1 aromatic heterocycles. The second kappa shape index (κ2) is 4.86. The Kier molecular flexibility index (Phi) is 3.96. The van der Waals surface area contributed by atoms with Crippen LogP contribution in [0.3, 0.4) is 0 Å². The van der Waals surface area contributed by atoms with Gasteiger partial charge in [-0.1, -0.05) is 34.8 Å². The Morgan fingerprint density at radius 3 is 2.25 bits per heavy atom. The van der Waals surface area contributed by atoms with Crippen molar-refractivity contribution in [1.82, 2.24) is 4.98 Å². The molecular formula is C8H5Cl3N2O3. The minimum absolute atomic E-state index is 0.0618. The molecular weight excluding hydrogens is 278 g/mol. The Morgan fingerprint density at radius 2 is 1.81 bits per heavy atom.